The first-order valence-electron chi connectivity index (χ1n) is 4.30. The van der Waals surface area contributed by atoms with Crippen molar-refractivity contribution in [2.75, 3.05) is 13.2 Å². The van der Waals surface area contributed by atoms with Crippen LogP contribution < -0.4 is 5.32 Å². The average Bonchev–Trinajstić information content (AvgIpc) is 2.18. The molecule has 0 radical (unpaired) electrons. The second-order valence-electron chi connectivity index (χ2n) is 2.94. The van der Waals surface area contributed by atoms with Crippen LogP contribution in [-0.4, -0.2) is 24.2 Å². The van der Waals surface area contributed by atoms with E-state index in [0.29, 0.717) is 5.56 Å². The zero-order chi connectivity index (χ0) is 10.6. The molecule has 0 aliphatic rings. The van der Waals surface area contributed by atoms with Gasteiger partial charge < -0.3 is 10.4 Å². The molecule has 1 rings (SSSR count). The van der Waals surface area contributed by atoms with Crippen LogP contribution in [0.1, 0.15) is 15.9 Å². The molecule has 0 bridgehead atoms. The minimum absolute atomic E-state index is 0.125. The molecule has 1 amide bonds. The number of hydrogen-bond donors (Lipinski definition) is 2. The molecular weight excluding hydrogens is 185 g/mol. The van der Waals surface area contributed by atoms with Gasteiger partial charge in [-0.05, 0) is 24.6 Å². The Balaban J connectivity index is 2.76. The van der Waals surface area contributed by atoms with Crippen molar-refractivity contribution in [1.29, 1.82) is 0 Å². The van der Waals surface area contributed by atoms with E-state index in [1.165, 1.54) is 6.07 Å². The summed E-state index contributed by atoms with van der Waals surface area (Å²) in [5.74, 6) is -0.778. The summed E-state index contributed by atoms with van der Waals surface area (Å²) in [6, 6.07) is 4.27. The van der Waals surface area contributed by atoms with Crippen LogP contribution in [-0.2, 0) is 0 Å². The molecule has 0 atom stereocenters. The molecule has 0 aromatic heterocycles. The van der Waals surface area contributed by atoms with Gasteiger partial charge in [-0.1, -0.05) is 6.07 Å². The lowest BCUT2D eigenvalue weighted by Crippen LogP contribution is -2.26. The van der Waals surface area contributed by atoms with Crippen molar-refractivity contribution < 1.29 is 14.3 Å². The molecule has 3 nitrogen and oxygen atoms in total. The third kappa shape index (κ3) is 2.53. The Kier molecular flexibility index (Phi) is 3.59. The Hall–Kier alpha value is -1.42. The number of carbonyl (C=O) groups is 1. The Morgan fingerprint density at radius 3 is 2.86 bits per heavy atom. The third-order valence-corrected chi connectivity index (χ3v) is 1.83. The topological polar surface area (TPSA) is 49.3 Å². The summed E-state index contributed by atoms with van der Waals surface area (Å²) in [6.07, 6.45) is 0. The van der Waals surface area contributed by atoms with Crippen molar-refractivity contribution in [1.82, 2.24) is 5.32 Å². The van der Waals surface area contributed by atoms with E-state index in [2.05, 4.69) is 5.32 Å². The van der Waals surface area contributed by atoms with Crippen LogP contribution in [0.25, 0.3) is 0 Å². The van der Waals surface area contributed by atoms with Crippen LogP contribution in [0.4, 0.5) is 4.39 Å². The van der Waals surface area contributed by atoms with Crippen molar-refractivity contribution in [2.24, 2.45) is 0 Å². The molecule has 0 aliphatic carbocycles. The highest BCUT2D eigenvalue weighted by molar-refractivity contribution is 5.94. The first-order valence-corrected chi connectivity index (χ1v) is 4.30. The molecule has 0 heterocycles. The average molecular weight is 197 g/mol. The Bertz CT molecular complexity index is 339. The van der Waals surface area contributed by atoms with Crippen LogP contribution in [0.5, 0.6) is 0 Å². The quantitative estimate of drug-likeness (QED) is 0.755. The summed E-state index contributed by atoms with van der Waals surface area (Å²) in [6.45, 7) is 1.68. The van der Waals surface area contributed by atoms with Crippen molar-refractivity contribution in [3.63, 3.8) is 0 Å². The number of carbonyl (C=O) groups excluding carboxylic acids is 1. The predicted octanol–water partition coefficient (Wildman–Crippen LogP) is 0.856. The van der Waals surface area contributed by atoms with Crippen LogP contribution in [0.2, 0.25) is 0 Å². The largest absolute Gasteiger partial charge is 0.395 e. The lowest BCUT2D eigenvalue weighted by molar-refractivity contribution is 0.0944. The van der Waals surface area contributed by atoms with Gasteiger partial charge in [-0.15, -0.1) is 0 Å². The minimum atomic E-state index is -0.401. The van der Waals surface area contributed by atoms with Crippen molar-refractivity contribution in [3.8, 4) is 0 Å². The van der Waals surface area contributed by atoms with Crippen molar-refractivity contribution in [3.05, 3.63) is 35.1 Å². The molecular formula is C10H12FNO2. The second kappa shape index (κ2) is 4.72. The Morgan fingerprint density at radius 1 is 1.57 bits per heavy atom. The first-order chi connectivity index (χ1) is 6.65. The van der Waals surface area contributed by atoms with Crippen LogP contribution >= 0.6 is 0 Å². The highest BCUT2D eigenvalue weighted by Crippen LogP contribution is 2.08. The lowest BCUT2D eigenvalue weighted by atomic mass is 10.1. The van der Waals surface area contributed by atoms with Gasteiger partial charge in [-0.25, -0.2) is 4.39 Å². The molecule has 76 valence electrons. The maximum atomic E-state index is 13.0. The SMILES string of the molecule is Cc1ccc(C(=O)NCCO)cc1F. The number of hydrogen-bond acceptors (Lipinski definition) is 2. The summed E-state index contributed by atoms with van der Waals surface area (Å²) >= 11 is 0. The Labute approximate surface area is 81.6 Å². The fraction of sp³-hybridized carbons (Fsp3) is 0.300. The highest BCUT2D eigenvalue weighted by atomic mass is 19.1. The number of nitrogens with one attached hydrogen (secondary N) is 1. The van der Waals surface area contributed by atoms with Gasteiger partial charge in [0, 0.05) is 12.1 Å². The highest BCUT2D eigenvalue weighted by Gasteiger charge is 2.06. The molecule has 0 saturated heterocycles. The van der Waals surface area contributed by atoms with E-state index in [1.54, 1.807) is 19.1 Å². The van der Waals surface area contributed by atoms with Gasteiger partial charge in [0.1, 0.15) is 5.82 Å². The smallest absolute Gasteiger partial charge is 0.251 e. The third-order valence-electron chi connectivity index (χ3n) is 1.83. The van der Waals surface area contributed by atoms with Gasteiger partial charge in [0.05, 0.1) is 6.61 Å². The number of aliphatic hydroxyl groups excluding tert-OH is 1. The number of amides is 1. The van der Waals surface area contributed by atoms with E-state index in [-0.39, 0.29) is 24.6 Å². The van der Waals surface area contributed by atoms with E-state index < -0.39 is 5.82 Å². The standard InChI is InChI=1S/C10H12FNO2/c1-7-2-3-8(6-9(7)11)10(14)12-4-5-13/h2-3,6,13H,4-5H2,1H3,(H,12,14). The zero-order valence-electron chi connectivity index (χ0n) is 7.88. The summed E-state index contributed by atoms with van der Waals surface area (Å²) < 4.78 is 13.0. The predicted molar refractivity (Wildman–Crippen MR) is 50.6 cm³/mol. The van der Waals surface area contributed by atoms with Gasteiger partial charge >= 0.3 is 0 Å². The van der Waals surface area contributed by atoms with E-state index in [9.17, 15) is 9.18 Å². The van der Waals surface area contributed by atoms with E-state index >= 15 is 0 Å². The minimum Gasteiger partial charge on any atom is -0.395 e. The van der Waals surface area contributed by atoms with Gasteiger partial charge in [0.15, 0.2) is 0 Å². The number of benzene rings is 1. The van der Waals surface area contributed by atoms with Crippen LogP contribution in [0, 0.1) is 12.7 Å². The van der Waals surface area contributed by atoms with E-state index in [1.807, 2.05) is 0 Å². The first kappa shape index (κ1) is 10.7. The monoisotopic (exact) mass is 197 g/mol. The maximum absolute atomic E-state index is 13.0. The van der Waals surface area contributed by atoms with Crippen molar-refractivity contribution >= 4 is 5.91 Å². The molecule has 2 N–H and O–H groups in total. The molecule has 0 spiro atoms. The maximum Gasteiger partial charge on any atom is 0.251 e. The number of aryl methyl sites for hydroxylation is 1. The fourth-order valence-corrected chi connectivity index (χ4v) is 1.01. The molecule has 0 fully saturated rings. The summed E-state index contributed by atoms with van der Waals surface area (Å²) in [5.41, 5.74) is 0.769. The molecule has 1 aromatic rings. The van der Waals surface area contributed by atoms with Crippen LogP contribution in [0.15, 0.2) is 18.2 Å². The normalized spacial score (nSPS) is 9.93. The molecule has 0 aliphatic heterocycles. The van der Waals surface area contributed by atoms with Crippen LogP contribution in [0.3, 0.4) is 0 Å². The van der Waals surface area contributed by atoms with E-state index in [0.717, 1.165) is 0 Å². The second-order valence-corrected chi connectivity index (χ2v) is 2.94. The fourth-order valence-electron chi connectivity index (χ4n) is 1.01. The summed E-state index contributed by atoms with van der Waals surface area (Å²) in [5, 5.41) is 10.9. The summed E-state index contributed by atoms with van der Waals surface area (Å²) in [4.78, 5) is 11.3. The van der Waals surface area contributed by atoms with Gasteiger partial charge in [-0.3, -0.25) is 4.79 Å². The Morgan fingerprint density at radius 2 is 2.29 bits per heavy atom. The molecule has 0 saturated carbocycles. The number of rotatable bonds is 3. The zero-order valence-corrected chi connectivity index (χ0v) is 7.88. The molecule has 0 unspecified atom stereocenters. The van der Waals surface area contributed by atoms with Gasteiger partial charge in [0.2, 0.25) is 0 Å². The summed E-state index contributed by atoms with van der Waals surface area (Å²) in [7, 11) is 0. The van der Waals surface area contributed by atoms with Gasteiger partial charge in [-0.2, -0.15) is 0 Å². The molecule has 14 heavy (non-hydrogen) atoms. The van der Waals surface area contributed by atoms with E-state index in [4.69, 9.17) is 5.11 Å². The lowest BCUT2D eigenvalue weighted by Gasteiger charge is -2.03. The van der Waals surface area contributed by atoms with Gasteiger partial charge in [0.25, 0.3) is 5.91 Å². The number of aliphatic hydroxyl groups is 1. The van der Waals surface area contributed by atoms with Crippen molar-refractivity contribution in [2.45, 2.75) is 6.92 Å². The molecule has 1 aromatic carbocycles. The number of halogens is 1. The molecule has 4 heteroatoms.